The molecule has 0 aliphatic rings. The van der Waals surface area contributed by atoms with Gasteiger partial charge in [0.25, 0.3) is 0 Å². The Morgan fingerprint density at radius 1 is 0.667 bits per heavy atom. The summed E-state index contributed by atoms with van der Waals surface area (Å²) in [6, 6.07) is 17.5. The lowest BCUT2D eigenvalue weighted by molar-refractivity contribution is 0.311. The van der Waals surface area contributed by atoms with E-state index in [9.17, 15) is 0 Å². The largest absolute Gasteiger partial charge is 0.492 e. The van der Waals surface area contributed by atoms with E-state index in [0.29, 0.717) is 0 Å². The highest BCUT2D eigenvalue weighted by molar-refractivity contribution is 6.05. The van der Waals surface area contributed by atoms with Crippen molar-refractivity contribution < 1.29 is 4.74 Å². The number of unbranched alkanes of at least 4 members (excludes halogenated alkanes) is 8. The maximum Gasteiger partial charge on any atom is 0.134 e. The number of hydrogen-bond acceptors (Lipinski definition) is 1. The average Bonchev–Trinajstić information content (AvgIpc) is 2.69. The summed E-state index contributed by atoms with van der Waals surface area (Å²) < 4.78 is 6.35. The van der Waals surface area contributed by atoms with Gasteiger partial charge < -0.3 is 4.74 Å². The van der Waals surface area contributed by atoms with Gasteiger partial charge in [-0.05, 0) is 36.2 Å². The summed E-state index contributed by atoms with van der Waals surface area (Å²) in [5.41, 5.74) is 1.28. The first-order chi connectivity index (χ1) is 13.3. The highest BCUT2D eigenvalue weighted by Gasteiger charge is 2.09. The van der Waals surface area contributed by atoms with E-state index in [2.05, 4.69) is 62.4 Å². The molecule has 0 aliphatic carbocycles. The maximum absolute atomic E-state index is 6.35. The zero-order chi connectivity index (χ0) is 18.9. The highest BCUT2D eigenvalue weighted by atomic mass is 16.5. The van der Waals surface area contributed by atoms with Gasteiger partial charge in [-0.25, -0.2) is 0 Å². The van der Waals surface area contributed by atoms with Gasteiger partial charge in [-0.1, -0.05) is 100 Å². The SMILES string of the molecule is CCCCCCCCCCCOc1c2ccccc2cc2ccc(C)cc12. The lowest BCUT2D eigenvalue weighted by atomic mass is 10.0. The molecule has 0 aromatic heterocycles. The minimum absolute atomic E-state index is 0.812. The Morgan fingerprint density at radius 3 is 2.11 bits per heavy atom. The Bertz CT molecular complexity index is 849. The number of hydrogen-bond donors (Lipinski definition) is 0. The molecule has 0 N–H and O–H groups in total. The van der Waals surface area contributed by atoms with Crippen LogP contribution in [-0.4, -0.2) is 6.61 Å². The monoisotopic (exact) mass is 362 g/mol. The number of rotatable bonds is 11. The van der Waals surface area contributed by atoms with Crippen LogP contribution in [-0.2, 0) is 0 Å². The quantitative estimate of drug-likeness (QED) is 0.247. The Labute approximate surface area is 164 Å². The summed E-state index contributed by atoms with van der Waals surface area (Å²) >= 11 is 0. The average molecular weight is 363 g/mol. The van der Waals surface area contributed by atoms with Gasteiger partial charge in [0.05, 0.1) is 6.61 Å². The Balaban J connectivity index is 1.57. The van der Waals surface area contributed by atoms with Crippen LogP contribution >= 0.6 is 0 Å². The van der Waals surface area contributed by atoms with Crippen LogP contribution in [0, 0.1) is 6.92 Å². The first-order valence-corrected chi connectivity index (χ1v) is 10.8. The van der Waals surface area contributed by atoms with Crippen molar-refractivity contribution in [3.63, 3.8) is 0 Å². The molecule has 0 saturated carbocycles. The molecule has 0 unspecified atom stereocenters. The molecular weight excluding hydrogens is 328 g/mol. The van der Waals surface area contributed by atoms with Gasteiger partial charge in [-0.3, -0.25) is 0 Å². The molecule has 0 fully saturated rings. The fourth-order valence-corrected chi connectivity index (χ4v) is 3.88. The maximum atomic E-state index is 6.35. The highest BCUT2D eigenvalue weighted by Crippen LogP contribution is 2.35. The van der Waals surface area contributed by atoms with Gasteiger partial charge in [0.2, 0.25) is 0 Å². The summed E-state index contributed by atoms with van der Waals surface area (Å²) in [6.07, 6.45) is 12.1. The predicted octanol–water partition coefficient (Wildman–Crippen LogP) is 8.21. The lowest BCUT2D eigenvalue weighted by Crippen LogP contribution is -1.99. The van der Waals surface area contributed by atoms with Crippen molar-refractivity contribution in [2.45, 2.75) is 71.6 Å². The zero-order valence-electron chi connectivity index (χ0n) is 17.1. The Hall–Kier alpha value is -2.02. The molecule has 0 radical (unpaired) electrons. The minimum atomic E-state index is 0.812. The second-order valence-electron chi connectivity index (χ2n) is 7.83. The van der Waals surface area contributed by atoms with Crippen LogP contribution in [0.25, 0.3) is 21.5 Å². The third-order valence-corrected chi connectivity index (χ3v) is 5.46. The van der Waals surface area contributed by atoms with Gasteiger partial charge in [-0.15, -0.1) is 0 Å². The normalized spacial score (nSPS) is 11.3. The van der Waals surface area contributed by atoms with Crippen molar-refractivity contribution in [2.75, 3.05) is 6.61 Å². The van der Waals surface area contributed by atoms with Gasteiger partial charge in [0.15, 0.2) is 0 Å². The molecule has 3 rings (SSSR count). The van der Waals surface area contributed by atoms with Crippen LogP contribution in [0.3, 0.4) is 0 Å². The minimum Gasteiger partial charge on any atom is -0.492 e. The Morgan fingerprint density at radius 2 is 1.33 bits per heavy atom. The molecule has 144 valence electrons. The zero-order valence-corrected chi connectivity index (χ0v) is 17.1. The van der Waals surface area contributed by atoms with Crippen LogP contribution in [0.5, 0.6) is 5.75 Å². The first-order valence-electron chi connectivity index (χ1n) is 10.8. The fourth-order valence-electron chi connectivity index (χ4n) is 3.88. The van der Waals surface area contributed by atoms with E-state index < -0.39 is 0 Å². The van der Waals surface area contributed by atoms with Crippen molar-refractivity contribution in [2.24, 2.45) is 0 Å². The lowest BCUT2D eigenvalue weighted by Gasteiger charge is -2.14. The third kappa shape index (κ3) is 5.48. The summed E-state index contributed by atoms with van der Waals surface area (Å²) in [5.74, 6) is 1.06. The van der Waals surface area contributed by atoms with Crippen LogP contribution in [0.1, 0.15) is 70.3 Å². The second-order valence-corrected chi connectivity index (χ2v) is 7.83. The van der Waals surface area contributed by atoms with E-state index in [-0.39, 0.29) is 0 Å². The number of aryl methyl sites for hydroxylation is 1. The molecule has 0 atom stereocenters. The molecule has 0 amide bonds. The van der Waals surface area contributed by atoms with Crippen molar-refractivity contribution in [3.8, 4) is 5.75 Å². The molecule has 0 aliphatic heterocycles. The summed E-state index contributed by atoms with van der Waals surface area (Å²) in [6.45, 7) is 5.24. The summed E-state index contributed by atoms with van der Waals surface area (Å²) in [4.78, 5) is 0. The Kier molecular flexibility index (Phi) is 7.56. The van der Waals surface area contributed by atoms with Crippen LogP contribution in [0.2, 0.25) is 0 Å². The van der Waals surface area contributed by atoms with E-state index in [4.69, 9.17) is 4.74 Å². The fraction of sp³-hybridized carbons (Fsp3) is 0.462. The van der Waals surface area contributed by atoms with E-state index in [1.54, 1.807) is 0 Å². The van der Waals surface area contributed by atoms with Crippen LogP contribution in [0.4, 0.5) is 0 Å². The van der Waals surface area contributed by atoms with E-state index in [1.165, 1.54) is 78.5 Å². The van der Waals surface area contributed by atoms with Crippen molar-refractivity contribution >= 4 is 21.5 Å². The van der Waals surface area contributed by atoms with Gasteiger partial charge in [-0.2, -0.15) is 0 Å². The molecule has 0 spiro atoms. The topological polar surface area (TPSA) is 9.23 Å². The molecule has 3 aromatic rings. The van der Waals surface area contributed by atoms with Crippen molar-refractivity contribution in [1.82, 2.24) is 0 Å². The van der Waals surface area contributed by atoms with Crippen molar-refractivity contribution in [3.05, 3.63) is 54.1 Å². The summed E-state index contributed by atoms with van der Waals surface area (Å²) in [7, 11) is 0. The molecule has 1 nitrogen and oxygen atoms in total. The molecule has 0 heterocycles. The first kappa shape index (κ1) is 19.7. The van der Waals surface area contributed by atoms with Gasteiger partial charge in [0.1, 0.15) is 5.75 Å². The molecular formula is C26H34O. The van der Waals surface area contributed by atoms with E-state index in [1.807, 2.05) is 0 Å². The van der Waals surface area contributed by atoms with Crippen molar-refractivity contribution in [1.29, 1.82) is 0 Å². The third-order valence-electron chi connectivity index (χ3n) is 5.46. The smallest absolute Gasteiger partial charge is 0.134 e. The standard InChI is InChI=1S/C26H34O/c1-3-4-5-6-7-8-9-10-13-18-27-26-24-15-12-11-14-22(24)20-23-17-16-21(2)19-25(23)26/h11-12,14-17,19-20H,3-10,13,18H2,1-2H3. The van der Waals surface area contributed by atoms with E-state index >= 15 is 0 Å². The number of ether oxygens (including phenoxy) is 1. The molecule has 0 saturated heterocycles. The second kappa shape index (κ2) is 10.3. The molecule has 27 heavy (non-hydrogen) atoms. The molecule has 0 bridgehead atoms. The predicted molar refractivity (Wildman–Crippen MR) is 119 cm³/mol. The summed E-state index contributed by atoms with van der Waals surface area (Å²) in [5, 5.41) is 4.99. The van der Waals surface area contributed by atoms with Crippen LogP contribution in [0.15, 0.2) is 48.5 Å². The number of fused-ring (bicyclic) bond motifs is 2. The van der Waals surface area contributed by atoms with Gasteiger partial charge >= 0.3 is 0 Å². The van der Waals surface area contributed by atoms with Gasteiger partial charge in [0, 0.05) is 10.8 Å². The molecule has 3 aromatic carbocycles. The van der Waals surface area contributed by atoms with Crippen LogP contribution < -0.4 is 4.74 Å². The molecule has 1 heteroatoms. The van der Waals surface area contributed by atoms with E-state index in [0.717, 1.165) is 18.8 Å². The number of benzene rings is 3.